The minimum atomic E-state index is -2.34. The van der Waals surface area contributed by atoms with Crippen molar-refractivity contribution in [3.8, 4) is 0 Å². The van der Waals surface area contributed by atoms with E-state index in [1.807, 2.05) is 0 Å². The molecule has 0 aliphatic rings. The van der Waals surface area contributed by atoms with E-state index in [2.05, 4.69) is 0 Å². The predicted octanol–water partition coefficient (Wildman–Crippen LogP) is -0.0754. The van der Waals surface area contributed by atoms with Crippen molar-refractivity contribution >= 4 is 22.3 Å². The molecule has 0 saturated carbocycles. The number of hydrogen-bond acceptors (Lipinski definition) is 4. The average molecular weight is 234 g/mol. The van der Waals surface area contributed by atoms with Gasteiger partial charge in [-0.2, -0.15) is 4.21 Å². The van der Waals surface area contributed by atoms with Gasteiger partial charge in [-0.1, -0.05) is 0 Å². The fourth-order valence-corrected chi connectivity index (χ4v) is 1.66. The first-order chi connectivity index (χ1) is 6.62. The Hall–Kier alpha value is -1.33. The van der Waals surface area contributed by atoms with Crippen molar-refractivity contribution in [2.45, 2.75) is 31.6 Å². The van der Waals surface area contributed by atoms with Crippen molar-refractivity contribution < 1.29 is 18.9 Å². The van der Waals surface area contributed by atoms with E-state index in [4.69, 9.17) is 9.71 Å². The van der Waals surface area contributed by atoms with E-state index in [9.17, 15) is 13.8 Å². The van der Waals surface area contributed by atoms with Crippen LogP contribution < -0.4 is 0 Å². The molecule has 0 aliphatic heterocycles. The Morgan fingerprint density at radius 1 is 1.47 bits per heavy atom. The Morgan fingerprint density at radius 2 is 1.87 bits per heavy atom. The topological polar surface area (TPSA) is 98.5 Å². The lowest BCUT2D eigenvalue weighted by molar-refractivity contribution is -0.149. The maximum Gasteiger partial charge on any atom is 0.328 e. The van der Waals surface area contributed by atoms with Gasteiger partial charge in [0.2, 0.25) is 5.91 Å². The minimum absolute atomic E-state index is 0.471. The average Bonchev–Trinajstić information content (AvgIpc) is 2.02. The molecule has 0 fully saturated rings. The van der Waals surface area contributed by atoms with Crippen LogP contribution in [0.25, 0.3) is 0 Å². The molecule has 0 aromatic carbocycles. The van der Waals surface area contributed by atoms with Crippen LogP contribution in [0.4, 0.5) is 0 Å². The largest absolute Gasteiger partial charge is 0.480 e. The van der Waals surface area contributed by atoms with Gasteiger partial charge in [0, 0.05) is 14.0 Å². The summed E-state index contributed by atoms with van der Waals surface area (Å²) in [6.07, 6.45) is 0. The first-order valence-electron chi connectivity index (χ1n) is 4.19. The highest BCUT2D eigenvalue weighted by Crippen LogP contribution is 2.18. The number of aliphatic carboxylic acids is 1. The first-order valence-corrected chi connectivity index (χ1v) is 5.30. The van der Waals surface area contributed by atoms with E-state index in [0.29, 0.717) is 0 Å². The van der Waals surface area contributed by atoms with Gasteiger partial charge in [0.25, 0.3) is 0 Å². The van der Waals surface area contributed by atoms with Crippen molar-refractivity contribution in [1.82, 2.24) is 4.90 Å². The molecule has 0 aromatic rings. The van der Waals surface area contributed by atoms with E-state index in [0.717, 1.165) is 4.90 Å². The van der Waals surface area contributed by atoms with Gasteiger partial charge in [-0.05, 0) is 13.8 Å². The van der Waals surface area contributed by atoms with Gasteiger partial charge in [-0.15, -0.1) is 4.61 Å². The van der Waals surface area contributed by atoms with Gasteiger partial charge in [0.1, 0.15) is 4.75 Å². The lowest BCUT2D eigenvalue weighted by atomic mass is 10.0. The van der Waals surface area contributed by atoms with Gasteiger partial charge < -0.3 is 10.0 Å². The smallest absolute Gasteiger partial charge is 0.328 e. The zero-order valence-corrected chi connectivity index (χ0v) is 9.87. The molecule has 0 heterocycles. The molecule has 0 bridgehead atoms. The van der Waals surface area contributed by atoms with E-state index < -0.39 is 33.1 Å². The van der Waals surface area contributed by atoms with Crippen LogP contribution in [-0.4, -0.2) is 43.9 Å². The highest BCUT2D eigenvalue weighted by molar-refractivity contribution is 7.72. The molecular formula is C8H14N2O4S. The van der Waals surface area contributed by atoms with Crippen LogP contribution in [0.3, 0.4) is 0 Å². The number of nitrogens with zero attached hydrogens (tertiary/aromatic N) is 2. The second-order valence-corrected chi connectivity index (χ2v) is 5.27. The molecule has 0 aliphatic carbocycles. The van der Waals surface area contributed by atoms with Crippen LogP contribution in [0.15, 0.2) is 0 Å². The monoisotopic (exact) mass is 234 g/mol. The van der Waals surface area contributed by atoms with Crippen LogP contribution in [0, 0.1) is 4.61 Å². The quantitative estimate of drug-likeness (QED) is 0.736. The maximum atomic E-state index is 11.0. The number of carbonyl (C=O) groups is 2. The molecule has 1 unspecified atom stereocenters. The highest BCUT2D eigenvalue weighted by Gasteiger charge is 2.42. The molecule has 0 rings (SSSR count). The van der Waals surface area contributed by atoms with Crippen LogP contribution in [0.2, 0.25) is 0 Å². The Kier molecular flexibility index (Phi) is 4.06. The van der Waals surface area contributed by atoms with Crippen molar-refractivity contribution in [2.24, 2.45) is 0 Å². The first kappa shape index (κ1) is 13.7. The molecule has 86 valence electrons. The summed E-state index contributed by atoms with van der Waals surface area (Å²) in [5, 5.41) is 8.94. The molecule has 0 saturated heterocycles. The summed E-state index contributed by atoms with van der Waals surface area (Å²) in [6, 6.07) is -1.33. The summed E-state index contributed by atoms with van der Waals surface area (Å²) in [7, 11) is -1.05. The Bertz CT molecular complexity index is 398. The molecule has 1 amide bonds. The maximum absolute atomic E-state index is 11.0. The van der Waals surface area contributed by atoms with Crippen molar-refractivity contribution in [2.75, 3.05) is 7.05 Å². The summed E-state index contributed by atoms with van der Waals surface area (Å²) in [4.78, 5) is 22.9. The number of carboxylic acid groups (broad SMARTS) is 1. The van der Waals surface area contributed by atoms with E-state index in [1.54, 1.807) is 0 Å². The van der Waals surface area contributed by atoms with Crippen LogP contribution in [-0.2, 0) is 20.0 Å². The zero-order chi connectivity index (χ0) is 12.4. The van der Waals surface area contributed by atoms with E-state index in [1.165, 1.54) is 27.8 Å². The highest BCUT2D eigenvalue weighted by atomic mass is 32.2. The van der Waals surface area contributed by atoms with Gasteiger partial charge in [0.05, 0.1) is 0 Å². The summed E-state index contributed by atoms with van der Waals surface area (Å²) in [5.74, 6) is -1.78. The number of amides is 1. The zero-order valence-electron chi connectivity index (χ0n) is 9.05. The van der Waals surface area contributed by atoms with Crippen LogP contribution >= 0.6 is 0 Å². The Morgan fingerprint density at radius 3 is 2.07 bits per heavy atom. The third kappa shape index (κ3) is 2.81. The lowest BCUT2D eigenvalue weighted by Gasteiger charge is -2.31. The predicted molar refractivity (Wildman–Crippen MR) is 53.8 cm³/mol. The van der Waals surface area contributed by atoms with E-state index in [-0.39, 0.29) is 0 Å². The van der Waals surface area contributed by atoms with E-state index >= 15 is 0 Å². The van der Waals surface area contributed by atoms with Gasteiger partial charge >= 0.3 is 5.97 Å². The summed E-state index contributed by atoms with van der Waals surface area (Å²) >= 11 is 0. The normalized spacial score (nSPS) is 13.0. The fraction of sp³-hybridized carbons (Fsp3) is 0.750. The molecule has 6 nitrogen and oxygen atoms in total. The lowest BCUT2D eigenvalue weighted by Crippen LogP contribution is -2.54. The molecule has 1 N–H and O–H groups in total. The second-order valence-electron chi connectivity index (χ2n) is 3.72. The molecule has 0 radical (unpaired) electrons. The standard InChI is InChI=1S/C8H14N2O4S/c1-5(11)10(4)6(7(12)13)8(2,3)15(9)14/h6H,1-4H3,(H,12,13). The summed E-state index contributed by atoms with van der Waals surface area (Å²) in [6.45, 7) is 3.84. The van der Waals surface area contributed by atoms with Crippen LogP contribution in [0.1, 0.15) is 20.8 Å². The summed E-state index contributed by atoms with van der Waals surface area (Å²) < 4.78 is 18.6. The number of hydrogen-bond donors (Lipinski definition) is 1. The van der Waals surface area contributed by atoms with Crippen molar-refractivity contribution in [3.05, 3.63) is 0 Å². The number of likely N-dealkylation sites (N-methyl/N-ethyl adjacent to an activating group) is 1. The van der Waals surface area contributed by atoms with Gasteiger partial charge in [-0.3, -0.25) is 4.79 Å². The van der Waals surface area contributed by atoms with Crippen LogP contribution in [0.5, 0.6) is 0 Å². The fourth-order valence-electron chi connectivity index (χ4n) is 1.21. The van der Waals surface area contributed by atoms with Gasteiger partial charge in [-0.25, -0.2) is 4.79 Å². The molecule has 0 aromatic heterocycles. The van der Waals surface area contributed by atoms with Crippen molar-refractivity contribution in [3.63, 3.8) is 0 Å². The molecular weight excluding hydrogens is 220 g/mol. The second kappa shape index (κ2) is 4.46. The number of carboxylic acids is 1. The Labute approximate surface area is 89.9 Å². The van der Waals surface area contributed by atoms with Gasteiger partial charge in [0.15, 0.2) is 16.5 Å². The third-order valence-electron chi connectivity index (χ3n) is 2.23. The third-order valence-corrected chi connectivity index (χ3v) is 3.35. The SMILES string of the molecule is CC(=O)N(C)C(C(=O)O)C(C)(C)S(#N)=O. The minimum Gasteiger partial charge on any atom is -0.480 e. The molecule has 1 atom stereocenters. The molecule has 7 heteroatoms. The summed E-state index contributed by atoms with van der Waals surface area (Å²) in [5.41, 5.74) is 0. The Balaban J connectivity index is 5.37. The molecule has 15 heavy (non-hydrogen) atoms. The molecule has 0 spiro atoms. The number of rotatable bonds is 3. The van der Waals surface area contributed by atoms with Crippen molar-refractivity contribution in [1.29, 1.82) is 4.61 Å². The number of carbonyl (C=O) groups excluding carboxylic acids is 1.